The summed E-state index contributed by atoms with van der Waals surface area (Å²) in [4.78, 5) is 0. The maximum absolute atomic E-state index is 4.73. The van der Waals surface area contributed by atoms with Crippen molar-refractivity contribution in [1.82, 2.24) is 0 Å². The van der Waals surface area contributed by atoms with Crippen molar-refractivity contribution in [2.45, 2.75) is 5.79 Å². The Morgan fingerprint density at radius 3 is 1.14 bits per heavy atom. The third kappa shape index (κ3) is 65.2. The number of hydrogen-bond acceptors (Lipinski definition) is 0. The van der Waals surface area contributed by atoms with Crippen LogP contribution in [0.4, 0.5) is 0 Å². The van der Waals surface area contributed by atoms with Gasteiger partial charge in [0.2, 0.25) is 0 Å². The van der Waals surface area contributed by atoms with E-state index in [0.29, 0.717) is 12.9 Å². The summed E-state index contributed by atoms with van der Waals surface area (Å²) in [7, 11) is 9.47. The van der Waals surface area contributed by atoms with E-state index in [2.05, 4.69) is 16.3 Å². The number of rotatable bonds is 0. The molecule has 6 heteroatoms. The van der Waals surface area contributed by atoms with Crippen LogP contribution in [-0.4, -0.2) is 16.3 Å². The van der Waals surface area contributed by atoms with Crippen molar-refractivity contribution < 1.29 is 37.7 Å². The number of halogens is 4. The first-order valence-electron chi connectivity index (χ1n) is 0.829. The Kier molecular flexibility index (Phi) is 136. The van der Waals surface area contributed by atoms with Crippen molar-refractivity contribution in [3.05, 3.63) is 0 Å². The van der Waals surface area contributed by atoms with Gasteiger partial charge in [-0.25, -0.2) is 0 Å². The van der Waals surface area contributed by atoms with Gasteiger partial charge in [-0.2, -0.15) is 0 Å². The zero-order valence-electron chi connectivity index (χ0n) is 3.42. The Balaban J connectivity index is -0.0000000105. The van der Waals surface area contributed by atoms with Crippen LogP contribution in [0.2, 0.25) is 5.79 Å². The second-order valence-corrected chi connectivity index (χ2v) is 1.77. The average Bonchev–Trinajstić information content (AvgIpc) is 1.46. The minimum absolute atomic E-state index is 0. The van der Waals surface area contributed by atoms with E-state index in [4.69, 9.17) is 20.3 Å². The summed E-state index contributed by atoms with van der Waals surface area (Å²) in [5, 5.41) is 0. The molecule has 0 rings (SSSR count). The molecule has 0 spiro atoms. The SMILES string of the molecule is [CH3][Al+2].[Cl-].[Cl-].[Cl][Co][Cl]. The Labute approximate surface area is 79.4 Å². The van der Waals surface area contributed by atoms with Crippen LogP contribution in [0.3, 0.4) is 0 Å². The summed E-state index contributed by atoms with van der Waals surface area (Å²) >= 11 is 2.80. The predicted molar refractivity (Wildman–Crippen MR) is 23.3 cm³/mol. The van der Waals surface area contributed by atoms with Crippen molar-refractivity contribution >= 4 is 36.6 Å². The van der Waals surface area contributed by atoms with Crippen LogP contribution in [-0.2, 0) is 12.9 Å². The Hall–Kier alpha value is 2.20. The monoisotopic (exact) mass is 241 g/mol. The number of hydrogen-bond donors (Lipinski definition) is 0. The summed E-state index contributed by atoms with van der Waals surface area (Å²) < 4.78 is 0. The molecule has 0 aromatic heterocycles. The molecule has 0 nitrogen and oxygen atoms in total. The Bertz CT molecular complexity index is 11.7. The van der Waals surface area contributed by atoms with Crippen LogP contribution >= 0.6 is 20.3 Å². The molecule has 0 saturated carbocycles. The molecule has 0 aliphatic heterocycles. The molecule has 0 atom stereocenters. The van der Waals surface area contributed by atoms with E-state index < -0.39 is 0 Å². The van der Waals surface area contributed by atoms with Crippen molar-refractivity contribution in [1.29, 1.82) is 0 Å². The molecule has 0 N–H and O–H groups in total. The van der Waals surface area contributed by atoms with Gasteiger partial charge in [0.25, 0.3) is 0 Å². The standard InChI is InChI=1S/CH3.Al.4ClH.Co/h1H3;;4*1H;/q;+2;;;;;+2/p-4. The predicted octanol–water partition coefficient (Wildman–Crippen LogP) is -4.41. The van der Waals surface area contributed by atoms with E-state index in [1.165, 1.54) is 0 Å². The molecule has 0 aliphatic carbocycles. The van der Waals surface area contributed by atoms with Gasteiger partial charge in [-0.1, -0.05) is 0 Å². The molecule has 7 heavy (non-hydrogen) atoms. The van der Waals surface area contributed by atoms with Gasteiger partial charge < -0.3 is 24.8 Å². The van der Waals surface area contributed by atoms with Crippen LogP contribution < -0.4 is 24.8 Å². The van der Waals surface area contributed by atoms with Crippen molar-refractivity contribution in [3.8, 4) is 0 Å². The van der Waals surface area contributed by atoms with Crippen molar-refractivity contribution in [2.24, 2.45) is 0 Å². The molecule has 47 valence electrons. The molecule has 0 aromatic rings. The summed E-state index contributed by atoms with van der Waals surface area (Å²) in [6.07, 6.45) is 0. The van der Waals surface area contributed by atoms with E-state index in [1.807, 2.05) is 5.79 Å². The Morgan fingerprint density at radius 2 is 1.14 bits per heavy atom. The van der Waals surface area contributed by atoms with Gasteiger partial charge >= 0.3 is 55.3 Å². The van der Waals surface area contributed by atoms with E-state index in [1.54, 1.807) is 0 Å². The van der Waals surface area contributed by atoms with Gasteiger partial charge in [0.15, 0.2) is 0 Å². The molecule has 0 aliphatic rings. The first-order valence-corrected chi connectivity index (χ1v) is 4.85. The fourth-order valence-electron chi connectivity index (χ4n) is 0. The second kappa shape index (κ2) is 41.5. The van der Waals surface area contributed by atoms with E-state index in [9.17, 15) is 0 Å². The quantitative estimate of drug-likeness (QED) is 0.377. The van der Waals surface area contributed by atoms with Gasteiger partial charge in [-0.05, 0) is 0 Å². The zero-order valence-corrected chi connectivity index (χ0v) is 8.64. The molecule has 0 bridgehead atoms. The third-order valence-corrected chi connectivity index (χ3v) is 0. The molecule has 0 fully saturated rings. The van der Waals surface area contributed by atoms with E-state index >= 15 is 0 Å². The van der Waals surface area contributed by atoms with Crippen molar-refractivity contribution in [3.63, 3.8) is 0 Å². The van der Waals surface area contributed by atoms with Gasteiger partial charge in [-0.15, -0.1) is 0 Å². The summed E-state index contributed by atoms with van der Waals surface area (Å²) in [5.41, 5.74) is 0. The molecule has 0 aromatic carbocycles. The van der Waals surface area contributed by atoms with Gasteiger partial charge in [0.05, 0.1) is 0 Å². The molecule has 0 heterocycles. The van der Waals surface area contributed by atoms with Crippen LogP contribution in [0, 0.1) is 0 Å². The molecule has 0 unspecified atom stereocenters. The van der Waals surface area contributed by atoms with E-state index in [0.717, 1.165) is 0 Å². The summed E-state index contributed by atoms with van der Waals surface area (Å²) in [5.74, 6) is 1.92. The minimum atomic E-state index is 0. The molecular formula is CH3AlCl4Co. The fourth-order valence-corrected chi connectivity index (χ4v) is 0. The molecule has 0 saturated heterocycles. The second-order valence-electron chi connectivity index (χ2n) is 0.0476. The van der Waals surface area contributed by atoms with Gasteiger partial charge in [0.1, 0.15) is 0 Å². The first kappa shape index (κ1) is 22.9. The van der Waals surface area contributed by atoms with Crippen LogP contribution in [0.25, 0.3) is 0 Å². The van der Waals surface area contributed by atoms with Crippen LogP contribution in [0.5, 0.6) is 0 Å². The van der Waals surface area contributed by atoms with Gasteiger partial charge in [-0.3, -0.25) is 0 Å². The fraction of sp³-hybridized carbons (Fsp3) is 1.00. The summed E-state index contributed by atoms with van der Waals surface area (Å²) in [6.45, 7) is 0. The zero-order chi connectivity index (χ0) is 4.71. The molecule has 0 radical (unpaired) electrons. The molecular weight excluding hydrogens is 240 g/mol. The van der Waals surface area contributed by atoms with Gasteiger partial charge in [0, 0.05) is 0 Å². The van der Waals surface area contributed by atoms with E-state index in [-0.39, 0.29) is 24.8 Å². The molecule has 0 amide bonds. The normalized spacial score (nSPS) is 4.14. The first-order chi connectivity index (χ1) is 2.41. The van der Waals surface area contributed by atoms with Crippen LogP contribution in [0.1, 0.15) is 0 Å². The van der Waals surface area contributed by atoms with Crippen LogP contribution in [0.15, 0.2) is 0 Å². The topological polar surface area (TPSA) is 0 Å². The summed E-state index contributed by atoms with van der Waals surface area (Å²) in [6, 6.07) is 0. The average molecular weight is 243 g/mol. The Morgan fingerprint density at radius 1 is 1.14 bits per heavy atom. The maximum atomic E-state index is 4.73. The third-order valence-electron chi connectivity index (χ3n) is 0. The van der Waals surface area contributed by atoms with Crippen molar-refractivity contribution in [2.75, 3.05) is 0 Å².